The van der Waals surface area contributed by atoms with E-state index in [-0.39, 0.29) is 30.6 Å². The molecule has 0 amide bonds. The van der Waals surface area contributed by atoms with Crippen LogP contribution in [0, 0.1) is 0 Å². The van der Waals surface area contributed by atoms with Crippen molar-refractivity contribution in [2.24, 2.45) is 0 Å². The normalized spacial score (nSPS) is 1.50. The molecule has 0 aromatic rings. The number of hydrogen-bond donors (Lipinski definition) is 0. The van der Waals surface area contributed by atoms with Gasteiger partial charge in [-0.25, -0.2) is 0 Å². The Kier molecular flexibility index (Phi) is 1050. The first-order chi connectivity index (χ1) is 1.00. The van der Waals surface area contributed by atoms with E-state index in [4.69, 9.17) is 3.57 Å². The van der Waals surface area contributed by atoms with Gasteiger partial charge in [0.15, 0.2) is 0 Å². The molecule has 0 bridgehead atoms. The fourth-order valence-corrected chi connectivity index (χ4v) is 0. The molecule has 0 spiro atoms. The molecule has 0 aliphatic heterocycles. The molecule has 4 heteroatoms. The van der Waals surface area contributed by atoms with Crippen LogP contribution >= 0.6 is 0 Å². The molecule has 4 heavy (non-hydrogen) atoms. The molecular weight excluding hydrogens is 109 g/mol. The number of rotatable bonds is 0. The fourth-order valence-electron chi connectivity index (χ4n) is 0. The third-order valence-electron chi connectivity index (χ3n) is 0. The third-order valence-corrected chi connectivity index (χ3v) is 0. The van der Waals surface area contributed by atoms with E-state index in [0.717, 1.165) is 0 Å². The van der Waals surface area contributed by atoms with Crippen LogP contribution in [0.3, 0.4) is 0 Å². The van der Waals surface area contributed by atoms with E-state index in [2.05, 4.69) is 0 Å². The van der Waals surface area contributed by atoms with Crippen molar-refractivity contribution in [2.75, 3.05) is 0 Å². The van der Waals surface area contributed by atoms with Crippen LogP contribution in [-0.2, 0) is 21.8 Å². The van der Waals surface area contributed by atoms with Crippen LogP contribution < -0.4 is 0 Å². The van der Waals surface area contributed by atoms with Crippen molar-refractivity contribution in [2.45, 2.75) is 0 Å². The van der Waals surface area contributed by atoms with Crippen molar-refractivity contribution < 1.29 is 21.8 Å². The summed E-state index contributed by atoms with van der Waals surface area (Å²) in [5.41, 5.74) is 0. The molecule has 0 fully saturated rings. The summed E-state index contributed by atoms with van der Waals surface area (Å²) in [4.78, 5) is 0. The van der Waals surface area contributed by atoms with Crippen molar-refractivity contribution in [3.63, 3.8) is 0 Å². The minimum atomic E-state index is 0. The van der Waals surface area contributed by atoms with E-state index in [1.165, 1.54) is 0 Å². The van der Waals surface area contributed by atoms with Crippen LogP contribution in [0.4, 0.5) is 0 Å². The molecule has 0 aromatic carbocycles. The zero-order chi connectivity index (χ0) is 2.00. The van der Waals surface area contributed by atoms with Crippen LogP contribution in [0.15, 0.2) is 0 Å². The average Bonchev–Trinajstić information content (AvgIpc) is 1.00. The first kappa shape index (κ1) is 26.9. The van der Waals surface area contributed by atoms with Crippen LogP contribution in [0.2, 0.25) is 0 Å². The van der Waals surface area contributed by atoms with E-state index in [9.17, 15) is 0 Å². The van der Waals surface area contributed by atoms with Gasteiger partial charge in [-0.3, -0.25) is 0 Å². The van der Waals surface area contributed by atoms with Gasteiger partial charge in [-0.05, 0) is 0 Å². The molecule has 0 aliphatic rings. The van der Waals surface area contributed by atoms with Gasteiger partial charge in [0, 0.05) is 0 Å². The zero-order valence-corrected chi connectivity index (χ0v) is 5.24. The molecule has 0 rings (SSSR count). The second kappa shape index (κ2) is 156. The van der Waals surface area contributed by atoms with Gasteiger partial charge in [0.05, 0.1) is 0 Å². The topological polar surface area (TPSA) is 84.1 Å². The molecule has 0 unspecified atom stereocenters. The van der Waals surface area contributed by atoms with Gasteiger partial charge in [-0.2, -0.15) is 0 Å². The monoisotopic (exact) mass is 112 g/mol. The molecule has 3 nitrogen and oxygen atoms in total. The van der Waals surface area contributed by atoms with E-state index in [0.29, 0.717) is 0 Å². The van der Waals surface area contributed by atoms with Crippen LogP contribution in [0.1, 0.15) is 0 Å². The van der Waals surface area contributed by atoms with Gasteiger partial charge < -0.3 is 12.3 Å². The number of nitrogens with two attached hydrogens (primary N) is 2. The minimum absolute atomic E-state index is 0. The molecule has 0 radical (unpaired) electrons. The maximum atomic E-state index is 8.38. The Bertz CT molecular complexity index is 6.00. The van der Waals surface area contributed by atoms with Crippen molar-refractivity contribution in [3.05, 3.63) is 12.3 Å². The summed E-state index contributed by atoms with van der Waals surface area (Å²) < 4.78 is 8.38. The van der Waals surface area contributed by atoms with Gasteiger partial charge in [0.2, 0.25) is 0 Å². The standard InChI is InChI=1S/2H2N.O.Zn/h2*1H2;;/q2*-1;;. The predicted octanol–water partition coefficient (Wildman–Crippen LogP) is 1.31. The van der Waals surface area contributed by atoms with Crippen molar-refractivity contribution in [1.82, 2.24) is 0 Å². The fraction of sp³-hybridized carbons (Fsp3) is 0. The van der Waals surface area contributed by atoms with Crippen molar-refractivity contribution in [1.29, 1.82) is 0 Å². The summed E-state index contributed by atoms with van der Waals surface area (Å²) in [7, 11) is 0. The van der Waals surface area contributed by atoms with Crippen molar-refractivity contribution in [3.8, 4) is 0 Å². The molecule has 0 aromatic heterocycles. The number of hydrogen-bond acceptors (Lipinski definition) is 1. The maximum absolute atomic E-state index is 8.38. The average molecular weight is 113 g/mol. The quantitative estimate of drug-likeness (QED) is 0.436. The molecule has 4 N–H and O–H groups in total. The Labute approximate surface area is 34.9 Å². The Balaban J connectivity index is -0.00000000500. The summed E-state index contributed by atoms with van der Waals surface area (Å²) in [6.07, 6.45) is 0. The summed E-state index contributed by atoms with van der Waals surface area (Å²) in [5.74, 6) is 0. The van der Waals surface area contributed by atoms with Crippen molar-refractivity contribution >= 4 is 0 Å². The first-order valence-corrected chi connectivity index (χ1v) is 1.50. The Morgan fingerprint density at radius 1 is 1.00 bits per heavy atom. The second-order valence-corrected chi connectivity index (χ2v) is 0. The summed E-state index contributed by atoms with van der Waals surface area (Å²) in [6.45, 7) is 0. The van der Waals surface area contributed by atoms with E-state index in [1.54, 1.807) is 0 Å². The molecule has 0 atom stereocenters. The van der Waals surface area contributed by atoms with Crippen LogP contribution in [0.5, 0.6) is 0 Å². The van der Waals surface area contributed by atoms with E-state index >= 15 is 0 Å². The summed E-state index contributed by atoms with van der Waals surface area (Å²) >= 11 is 0.125. The molecule has 24 valence electrons. The van der Waals surface area contributed by atoms with Crippen LogP contribution in [0.25, 0.3) is 12.3 Å². The Morgan fingerprint density at radius 3 is 1.00 bits per heavy atom. The molecule has 0 aliphatic carbocycles. The molecule has 0 saturated carbocycles. The predicted molar refractivity (Wildman–Crippen MR) is 11.3 cm³/mol. The van der Waals surface area contributed by atoms with Gasteiger partial charge in [-0.1, -0.05) is 0 Å². The molecule has 0 saturated heterocycles. The molecule has 0 heterocycles. The van der Waals surface area contributed by atoms with E-state index < -0.39 is 0 Å². The molecular formula is H4N2OZn-2. The second-order valence-electron chi connectivity index (χ2n) is 0. The van der Waals surface area contributed by atoms with Gasteiger partial charge in [0.1, 0.15) is 0 Å². The Hall–Kier alpha value is 0.343. The van der Waals surface area contributed by atoms with Gasteiger partial charge in [0.25, 0.3) is 0 Å². The van der Waals surface area contributed by atoms with Crippen LogP contribution in [-0.4, -0.2) is 0 Å². The first-order valence-electron chi connectivity index (χ1n) is 0.289. The third kappa shape index (κ3) is 35.9. The SMILES string of the molecule is [NH2-].[NH2-].[O]=[Zn]. The van der Waals surface area contributed by atoms with E-state index in [1.807, 2.05) is 0 Å². The Morgan fingerprint density at radius 2 is 1.00 bits per heavy atom. The summed E-state index contributed by atoms with van der Waals surface area (Å²) in [6, 6.07) is 0. The zero-order valence-electron chi connectivity index (χ0n) is 2.27. The van der Waals surface area contributed by atoms with Gasteiger partial charge >= 0.3 is 21.8 Å². The van der Waals surface area contributed by atoms with Gasteiger partial charge in [-0.15, -0.1) is 0 Å². The summed E-state index contributed by atoms with van der Waals surface area (Å²) in [5, 5.41) is 0.